The summed E-state index contributed by atoms with van der Waals surface area (Å²) in [6, 6.07) is 14.0. The summed E-state index contributed by atoms with van der Waals surface area (Å²) in [7, 11) is -3.96. The van der Waals surface area contributed by atoms with Crippen molar-refractivity contribution >= 4 is 27.5 Å². The molecular weight excluding hydrogens is 462 g/mol. The molecule has 1 N–H and O–H groups in total. The van der Waals surface area contributed by atoms with Gasteiger partial charge in [-0.05, 0) is 57.9 Å². The quantitative estimate of drug-likeness (QED) is 0.634. The number of hydrogen-bond donors (Lipinski definition) is 1. The van der Waals surface area contributed by atoms with Crippen LogP contribution in [0.15, 0.2) is 53.4 Å². The van der Waals surface area contributed by atoms with Crippen molar-refractivity contribution < 1.29 is 18.0 Å². The fourth-order valence-corrected chi connectivity index (χ4v) is 6.54. The van der Waals surface area contributed by atoms with Crippen molar-refractivity contribution in [2.45, 2.75) is 75.8 Å². The van der Waals surface area contributed by atoms with E-state index in [1.807, 2.05) is 38.1 Å². The van der Waals surface area contributed by atoms with Gasteiger partial charge < -0.3 is 5.32 Å². The van der Waals surface area contributed by atoms with E-state index >= 15 is 0 Å². The lowest BCUT2D eigenvalue weighted by Gasteiger charge is -2.47. The molecule has 2 fully saturated rings. The summed E-state index contributed by atoms with van der Waals surface area (Å²) in [5.41, 5.74) is 1.17. The Morgan fingerprint density at radius 3 is 2.03 bits per heavy atom. The molecule has 1 heterocycles. The molecule has 4 rings (SSSR count). The molecule has 0 bridgehead atoms. The number of amides is 2. The van der Waals surface area contributed by atoms with E-state index in [2.05, 4.69) is 5.32 Å². The standard InChI is InChI=1S/C27H35N3O4S/c1-20-10-14-23(15-11-20)30-25(31)18-29(35(33,34)24-16-12-21(2)13-17-24)19-27(30,3)26(32)28-22-8-6-4-5-7-9-22/h10-17,22H,4-9,18-19H2,1-3H3,(H,28,32). The first-order chi connectivity index (χ1) is 16.6. The van der Waals surface area contributed by atoms with Crippen LogP contribution in [0.5, 0.6) is 0 Å². The highest BCUT2D eigenvalue weighted by molar-refractivity contribution is 7.89. The first-order valence-corrected chi connectivity index (χ1v) is 13.8. The number of benzene rings is 2. The van der Waals surface area contributed by atoms with Crippen molar-refractivity contribution in [1.82, 2.24) is 9.62 Å². The Morgan fingerprint density at radius 1 is 0.914 bits per heavy atom. The van der Waals surface area contributed by atoms with Gasteiger partial charge in [-0.25, -0.2) is 8.42 Å². The van der Waals surface area contributed by atoms with Gasteiger partial charge in [-0.2, -0.15) is 4.31 Å². The number of hydrogen-bond acceptors (Lipinski definition) is 4. The normalized spacial score (nSPS) is 22.6. The van der Waals surface area contributed by atoms with E-state index in [9.17, 15) is 18.0 Å². The molecule has 1 saturated carbocycles. The van der Waals surface area contributed by atoms with Crippen LogP contribution in [0.4, 0.5) is 5.69 Å². The van der Waals surface area contributed by atoms with Gasteiger partial charge >= 0.3 is 0 Å². The predicted molar refractivity (Wildman–Crippen MR) is 137 cm³/mol. The number of sulfonamides is 1. The van der Waals surface area contributed by atoms with Crippen LogP contribution in [0.3, 0.4) is 0 Å². The fraction of sp³-hybridized carbons (Fsp3) is 0.481. The third kappa shape index (κ3) is 5.28. The lowest BCUT2D eigenvalue weighted by atomic mass is 9.93. The fourth-order valence-electron chi connectivity index (χ4n) is 5.06. The number of anilines is 1. The van der Waals surface area contributed by atoms with Crippen LogP contribution in [0.1, 0.15) is 56.6 Å². The molecule has 0 radical (unpaired) electrons. The summed E-state index contributed by atoms with van der Waals surface area (Å²) in [5.74, 6) is -0.739. The van der Waals surface area contributed by atoms with E-state index in [-0.39, 0.29) is 29.9 Å². The lowest BCUT2D eigenvalue weighted by molar-refractivity contribution is -0.133. The van der Waals surface area contributed by atoms with Crippen molar-refractivity contribution in [3.63, 3.8) is 0 Å². The molecule has 2 amide bonds. The highest BCUT2D eigenvalue weighted by Crippen LogP contribution is 2.33. The summed E-state index contributed by atoms with van der Waals surface area (Å²) in [6.07, 6.45) is 6.20. The minimum atomic E-state index is -3.96. The molecule has 1 saturated heterocycles. The first-order valence-electron chi connectivity index (χ1n) is 12.4. The van der Waals surface area contributed by atoms with Gasteiger partial charge in [0, 0.05) is 18.3 Å². The van der Waals surface area contributed by atoms with Gasteiger partial charge in [-0.3, -0.25) is 14.5 Å². The maximum Gasteiger partial charge on any atom is 0.247 e. The minimum absolute atomic E-state index is 0.0286. The molecule has 0 spiro atoms. The number of aryl methyl sites for hydroxylation is 2. The average molecular weight is 498 g/mol. The molecule has 0 aromatic heterocycles. The highest BCUT2D eigenvalue weighted by Gasteiger charge is 2.51. The molecule has 2 aromatic carbocycles. The molecule has 188 valence electrons. The molecule has 1 unspecified atom stereocenters. The maximum absolute atomic E-state index is 13.8. The summed E-state index contributed by atoms with van der Waals surface area (Å²) >= 11 is 0. The van der Waals surface area contributed by atoms with E-state index in [1.165, 1.54) is 4.90 Å². The first kappa shape index (κ1) is 25.4. The molecule has 1 atom stereocenters. The second-order valence-electron chi connectivity index (χ2n) is 10.1. The molecular formula is C27H35N3O4S. The highest BCUT2D eigenvalue weighted by atomic mass is 32.2. The van der Waals surface area contributed by atoms with Crippen LogP contribution >= 0.6 is 0 Å². The topological polar surface area (TPSA) is 86.8 Å². The van der Waals surface area contributed by atoms with E-state index in [1.54, 1.807) is 31.2 Å². The molecule has 35 heavy (non-hydrogen) atoms. The smallest absolute Gasteiger partial charge is 0.247 e. The van der Waals surface area contributed by atoms with Crippen molar-refractivity contribution in [2.75, 3.05) is 18.0 Å². The molecule has 2 aliphatic rings. The Balaban J connectivity index is 1.70. The monoisotopic (exact) mass is 497 g/mol. The van der Waals surface area contributed by atoms with Crippen LogP contribution < -0.4 is 10.2 Å². The third-order valence-corrected chi connectivity index (χ3v) is 8.98. The number of nitrogens with one attached hydrogen (secondary N) is 1. The third-order valence-electron chi connectivity index (χ3n) is 7.17. The molecule has 7 nitrogen and oxygen atoms in total. The zero-order valence-electron chi connectivity index (χ0n) is 20.8. The van der Waals surface area contributed by atoms with Crippen LogP contribution in [-0.2, 0) is 19.6 Å². The van der Waals surface area contributed by atoms with E-state index < -0.39 is 21.5 Å². The Kier molecular flexibility index (Phi) is 7.33. The number of piperazine rings is 1. The van der Waals surface area contributed by atoms with Crippen LogP contribution in [0.2, 0.25) is 0 Å². The van der Waals surface area contributed by atoms with E-state index in [0.717, 1.165) is 54.0 Å². The van der Waals surface area contributed by atoms with Crippen molar-refractivity contribution in [1.29, 1.82) is 0 Å². The Labute approximate surface area is 208 Å². The maximum atomic E-state index is 13.8. The minimum Gasteiger partial charge on any atom is -0.351 e. The van der Waals surface area contributed by atoms with Gasteiger partial charge in [0.25, 0.3) is 0 Å². The van der Waals surface area contributed by atoms with Crippen molar-refractivity contribution in [3.05, 3.63) is 59.7 Å². The zero-order valence-corrected chi connectivity index (χ0v) is 21.6. The van der Waals surface area contributed by atoms with E-state index in [0.29, 0.717) is 5.69 Å². The van der Waals surface area contributed by atoms with Gasteiger partial charge in [0.1, 0.15) is 5.54 Å². The zero-order chi connectivity index (χ0) is 25.2. The molecule has 2 aromatic rings. The Bertz CT molecular complexity index is 1170. The van der Waals surface area contributed by atoms with Crippen LogP contribution in [0, 0.1) is 13.8 Å². The number of carbonyl (C=O) groups is 2. The van der Waals surface area contributed by atoms with Crippen LogP contribution in [-0.4, -0.2) is 49.2 Å². The van der Waals surface area contributed by atoms with Gasteiger partial charge in [-0.1, -0.05) is 61.1 Å². The Hall–Kier alpha value is -2.71. The van der Waals surface area contributed by atoms with Gasteiger partial charge in [0.05, 0.1) is 11.4 Å². The summed E-state index contributed by atoms with van der Waals surface area (Å²) < 4.78 is 28.2. The predicted octanol–water partition coefficient (Wildman–Crippen LogP) is 3.94. The second-order valence-corrected chi connectivity index (χ2v) is 12.0. The van der Waals surface area contributed by atoms with Gasteiger partial charge in [-0.15, -0.1) is 0 Å². The molecule has 1 aliphatic carbocycles. The summed E-state index contributed by atoms with van der Waals surface area (Å²) in [4.78, 5) is 29.0. The Morgan fingerprint density at radius 2 is 1.46 bits per heavy atom. The number of nitrogens with zero attached hydrogens (tertiary/aromatic N) is 2. The summed E-state index contributed by atoms with van der Waals surface area (Å²) in [6.45, 7) is 5.07. The van der Waals surface area contributed by atoms with Crippen LogP contribution in [0.25, 0.3) is 0 Å². The van der Waals surface area contributed by atoms with Gasteiger partial charge in [0.2, 0.25) is 21.8 Å². The SMILES string of the molecule is Cc1ccc(N2C(=O)CN(S(=O)(=O)c3ccc(C)cc3)CC2(C)C(=O)NC2CCCCCC2)cc1. The van der Waals surface area contributed by atoms with Crippen molar-refractivity contribution in [3.8, 4) is 0 Å². The second kappa shape index (κ2) is 10.1. The van der Waals surface area contributed by atoms with E-state index in [4.69, 9.17) is 0 Å². The summed E-state index contributed by atoms with van der Waals surface area (Å²) in [5, 5.41) is 3.17. The van der Waals surface area contributed by atoms with Gasteiger partial charge in [0.15, 0.2) is 0 Å². The average Bonchev–Trinajstić information content (AvgIpc) is 3.09. The number of carbonyl (C=O) groups excluding carboxylic acids is 2. The van der Waals surface area contributed by atoms with Crippen molar-refractivity contribution in [2.24, 2.45) is 0 Å². The lowest BCUT2D eigenvalue weighted by Crippen LogP contribution is -2.70. The molecule has 8 heteroatoms. The number of rotatable bonds is 5. The largest absolute Gasteiger partial charge is 0.351 e. The molecule has 1 aliphatic heterocycles.